The van der Waals surface area contributed by atoms with Crippen molar-refractivity contribution in [1.82, 2.24) is 0 Å². The van der Waals surface area contributed by atoms with Gasteiger partial charge in [0.2, 0.25) is 0 Å². The molecule has 4 rings (SSSR count). The summed E-state index contributed by atoms with van der Waals surface area (Å²) in [5.41, 5.74) is 1.75. The number of nitro groups is 2. The smallest absolute Gasteiger partial charge is 0.323 e. The number of non-ortho nitro benzene ring substituents is 2. The Morgan fingerprint density at radius 3 is 1.58 bits per heavy atom. The highest BCUT2D eigenvalue weighted by atomic mass is 16.6. The van der Waals surface area contributed by atoms with Crippen LogP contribution in [0.15, 0.2) is 84.9 Å². The van der Waals surface area contributed by atoms with Crippen LogP contribution < -0.4 is 26.0 Å². The van der Waals surface area contributed by atoms with Gasteiger partial charge >= 0.3 is 12.1 Å². The van der Waals surface area contributed by atoms with E-state index in [1.807, 2.05) is 26.0 Å². The van der Waals surface area contributed by atoms with Crippen LogP contribution in [0.25, 0.3) is 0 Å². The van der Waals surface area contributed by atoms with Crippen molar-refractivity contribution in [1.29, 1.82) is 0 Å². The summed E-state index contributed by atoms with van der Waals surface area (Å²) in [6.45, 7) is 4.25. The molecule has 0 aliphatic carbocycles. The van der Waals surface area contributed by atoms with E-state index in [1.165, 1.54) is 24.3 Å². The molecule has 0 radical (unpaired) electrons. The van der Waals surface area contributed by atoms with Crippen molar-refractivity contribution in [3.8, 4) is 17.2 Å². The summed E-state index contributed by atoms with van der Waals surface area (Å²) in [4.78, 5) is 43.9. The van der Waals surface area contributed by atoms with Gasteiger partial charge in [-0.05, 0) is 49.2 Å². The lowest BCUT2D eigenvalue weighted by Gasteiger charge is -2.12. The monoisotopic (exact) mass is 618 g/mol. The van der Waals surface area contributed by atoms with Crippen molar-refractivity contribution in [2.75, 3.05) is 27.9 Å². The number of phenols is 2. The third-order valence-electron chi connectivity index (χ3n) is 5.96. The van der Waals surface area contributed by atoms with E-state index in [0.29, 0.717) is 23.7 Å². The number of nitrogens with zero attached hydrogens (tertiary/aromatic N) is 2. The number of benzene rings is 4. The van der Waals surface area contributed by atoms with Gasteiger partial charge in [0.05, 0.1) is 45.6 Å². The Kier molecular flexibility index (Phi) is 11.6. The average molecular weight is 619 g/mol. The molecule has 6 N–H and O–H groups in total. The Labute approximate surface area is 256 Å². The van der Waals surface area contributed by atoms with E-state index in [2.05, 4.69) is 21.3 Å². The number of rotatable bonds is 9. The zero-order valence-corrected chi connectivity index (χ0v) is 24.1. The molecule has 4 amide bonds. The number of nitrogens with one attached hydrogen (secondary N) is 4. The molecule has 0 heterocycles. The standard InChI is InChI=1S/C15H15N3O5.C15H15N3O4/c1-2-23-14-6-4-3-5-12(14)17-15(20)16-11-8-7-10(18(21)22)9-13(11)19;1-2-10-5-3-4-6-12(10)16-15(20)17-13-8-7-11(18(21)22)9-14(13)19/h3-9,19H,2H2,1H3,(H2,16,17,20);3-9,19H,2H2,1H3,(H2,16,17,20). The summed E-state index contributed by atoms with van der Waals surface area (Å²) in [7, 11) is 0. The third kappa shape index (κ3) is 9.57. The summed E-state index contributed by atoms with van der Waals surface area (Å²) < 4.78 is 5.39. The van der Waals surface area contributed by atoms with Gasteiger partial charge in [-0.25, -0.2) is 9.59 Å². The normalized spacial score (nSPS) is 10.0. The molecule has 15 heteroatoms. The van der Waals surface area contributed by atoms with Crippen molar-refractivity contribution >= 4 is 46.2 Å². The largest absolute Gasteiger partial charge is 0.506 e. The molecule has 0 aliphatic heterocycles. The van der Waals surface area contributed by atoms with E-state index in [0.717, 1.165) is 24.1 Å². The Bertz CT molecular complexity index is 1700. The van der Waals surface area contributed by atoms with Crippen molar-refractivity contribution in [3.63, 3.8) is 0 Å². The summed E-state index contributed by atoms with van der Waals surface area (Å²) in [5, 5.41) is 50.8. The van der Waals surface area contributed by atoms with Gasteiger partial charge in [-0.3, -0.25) is 20.2 Å². The van der Waals surface area contributed by atoms with Crippen LogP contribution in [0.2, 0.25) is 0 Å². The van der Waals surface area contributed by atoms with Crippen LogP contribution in [0.4, 0.5) is 43.7 Å². The molecule has 0 spiro atoms. The van der Waals surface area contributed by atoms with Crippen LogP contribution in [0.5, 0.6) is 17.2 Å². The van der Waals surface area contributed by atoms with Gasteiger partial charge < -0.3 is 36.2 Å². The van der Waals surface area contributed by atoms with Gasteiger partial charge in [-0.15, -0.1) is 0 Å². The second-order valence-electron chi connectivity index (χ2n) is 9.02. The number of nitro benzene ring substituents is 2. The summed E-state index contributed by atoms with van der Waals surface area (Å²) in [6.07, 6.45) is 0.763. The number of carbonyl (C=O) groups is 2. The predicted octanol–water partition coefficient (Wildman–Crippen LogP) is 6.85. The number of hydrogen-bond acceptors (Lipinski definition) is 9. The maximum Gasteiger partial charge on any atom is 0.323 e. The molecule has 0 saturated carbocycles. The van der Waals surface area contributed by atoms with Crippen LogP contribution in [0, 0.1) is 20.2 Å². The SMILES string of the molecule is CCOc1ccccc1NC(=O)Nc1ccc([N+](=O)[O-])cc1O.CCc1ccccc1NC(=O)Nc1ccc([N+](=O)[O-])cc1O. The first-order valence-electron chi connectivity index (χ1n) is 13.4. The molecule has 4 aromatic carbocycles. The topological polar surface area (TPSA) is 218 Å². The van der Waals surface area contributed by atoms with Crippen LogP contribution >= 0.6 is 0 Å². The first-order valence-corrected chi connectivity index (χ1v) is 13.4. The minimum absolute atomic E-state index is 0.0574. The fraction of sp³-hybridized carbons (Fsp3) is 0.133. The van der Waals surface area contributed by atoms with E-state index >= 15 is 0 Å². The zero-order valence-electron chi connectivity index (χ0n) is 24.1. The van der Waals surface area contributed by atoms with Gasteiger partial charge in [0.25, 0.3) is 11.4 Å². The molecule has 45 heavy (non-hydrogen) atoms. The van der Waals surface area contributed by atoms with E-state index in [4.69, 9.17) is 4.74 Å². The fourth-order valence-corrected chi connectivity index (χ4v) is 3.83. The van der Waals surface area contributed by atoms with Crippen molar-refractivity contribution in [2.45, 2.75) is 20.3 Å². The van der Waals surface area contributed by atoms with Crippen LogP contribution in [-0.4, -0.2) is 38.7 Å². The number of phenolic OH excluding ortho intramolecular Hbond substituents is 2. The second-order valence-corrected chi connectivity index (χ2v) is 9.02. The summed E-state index contributed by atoms with van der Waals surface area (Å²) in [5.74, 6) is -0.251. The maximum atomic E-state index is 12.0. The molecule has 15 nitrogen and oxygen atoms in total. The number of hydrogen-bond donors (Lipinski definition) is 6. The second kappa shape index (κ2) is 15.7. The Morgan fingerprint density at radius 1 is 0.667 bits per heavy atom. The van der Waals surface area contributed by atoms with E-state index in [1.54, 1.807) is 36.4 Å². The van der Waals surface area contributed by atoms with Gasteiger partial charge in [0, 0.05) is 17.8 Å². The third-order valence-corrected chi connectivity index (χ3v) is 5.96. The molecule has 0 fully saturated rings. The Hall–Kier alpha value is -6.38. The van der Waals surface area contributed by atoms with Gasteiger partial charge in [-0.2, -0.15) is 0 Å². The van der Waals surface area contributed by atoms with Gasteiger partial charge in [-0.1, -0.05) is 37.3 Å². The maximum absolute atomic E-state index is 12.0. The highest BCUT2D eigenvalue weighted by Gasteiger charge is 2.14. The Morgan fingerprint density at radius 2 is 1.11 bits per heavy atom. The van der Waals surface area contributed by atoms with Crippen LogP contribution in [-0.2, 0) is 6.42 Å². The highest BCUT2D eigenvalue weighted by molar-refractivity contribution is 6.02. The number of urea groups is 2. The quantitative estimate of drug-likeness (QED) is 0.0655. The molecule has 0 atom stereocenters. The fourth-order valence-electron chi connectivity index (χ4n) is 3.83. The van der Waals surface area contributed by atoms with Crippen LogP contribution in [0.1, 0.15) is 19.4 Å². The average Bonchev–Trinajstić information content (AvgIpc) is 3.00. The zero-order chi connectivity index (χ0) is 32.9. The summed E-state index contributed by atoms with van der Waals surface area (Å²) >= 11 is 0. The van der Waals surface area contributed by atoms with Gasteiger partial charge in [0.1, 0.15) is 17.2 Å². The lowest BCUT2D eigenvalue weighted by molar-refractivity contribution is -0.385. The molecule has 0 aliphatic rings. The lowest BCUT2D eigenvalue weighted by atomic mass is 10.1. The first-order chi connectivity index (χ1) is 21.5. The summed E-state index contributed by atoms with van der Waals surface area (Å²) in [6, 6.07) is 20.0. The van der Waals surface area contributed by atoms with Crippen molar-refractivity contribution < 1.29 is 34.4 Å². The molecule has 0 aromatic heterocycles. The first kappa shape index (κ1) is 33.1. The predicted molar refractivity (Wildman–Crippen MR) is 168 cm³/mol. The molecule has 4 aromatic rings. The molecular weight excluding hydrogens is 588 g/mol. The number of aromatic hydroxyl groups is 2. The minimum atomic E-state index is -0.637. The lowest BCUT2D eigenvalue weighted by Crippen LogP contribution is -2.20. The number of ether oxygens (including phenoxy) is 1. The number of amides is 4. The van der Waals surface area contributed by atoms with E-state index in [9.17, 15) is 40.0 Å². The number of carbonyl (C=O) groups excluding carboxylic acids is 2. The highest BCUT2D eigenvalue weighted by Crippen LogP contribution is 2.30. The molecule has 0 bridgehead atoms. The molecule has 234 valence electrons. The molecule has 0 unspecified atom stereocenters. The molecular formula is C30H30N6O9. The van der Waals surface area contributed by atoms with Crippen LogP contribution in [0.3, 0.4) is 0 Å². The van der Waals surface area contributed by atoms with E-state index < -0.39 is 27.7 Å². The minimum Gasteiger partial charge on any atom is -0.506 e. The number of aryl methyl sites for hydroxylation is 1. The number of para-hydroxylation sites is 3. The Balaban J connectivity index is 0.000000246. The number of anilines is 4. The van der Waals surface area contributed by atoms with E-state index in [-0.39, 0.29) is 28.5 Å². The van der Waals surface area contributed by atoms with Crippen molar-refractivity contribution in [3.05, 3.63) is 111 Å². The van der Waals surface area contributed by atoms with Gasteiger partial charge in [0.15, 0.2) is 0 Å². The molecule has 0 saturated heterocycles. The van der Waals surface area contributed by atoms with Crippen molar-refractivity contribution in [2.24, 2.45) is 0 Å².